The standard InChI is InChI=1S/C17H18N6O2S/c18-5-12-7-22(8-12)26(24,25)9-11-3-13(4-11)23-10-21-15-6-20-17-14(16(15)23)1-2-19-17/h1-2,6,10-13H,3-4,7-9H2,(H,19,20). The topological polar surface area (TPSA) is 108 Å². The Bertz CT molecular complexity index is 1130. The summed E-state index contributed by atoms with van der Waals surface area (Å²) in [7, 11) is -3.24. The summed E-state index contributed by atoms with van der Waals surface area (Å²) in [5.74, 6) is 0.191. The maximum Gasteiger partial charge on any atom is 0.214 e. The van der Waals surface area contributed by atoms with Crippen molar-refractivity contribution in [3.63, 3.8) is 0 Å². The molecule has 0 radical (unpaired) electrons. The van der Waals surface area contributed by atoms with Crippen molar-refractivity contribution >= 4 is 32.1 Å². The molecule has 1 aliphatic heterocycles. The second-order valence-electron chi connectivity index (χ2n) is 7.30. The predicted octanol–water partition coefficient (Wildman–Crippen LogP) is 1.65. The van der Waals surface area contributed by atoms with Gasteiger partial charge in [0.25, 0.3) is 0 Å². The van der Waals surface area contributed by atoms with Gasteiger partial charge >= 0.3 is 0 Å². The molecular formula is C17H18N6O2S. The van der Waals surface area contributed by atoms with E-state index in [1.54, 1.807) is 6.20 Å². The fourth-order valence-electron chi connectivity index (χ4n) is 4.02. The minimum absolute atomic E-state index is 0.145. The third-order valence-electron chi connectivity index (χ3n) is 5.59. The summed E-state index contributed by atoms with van der Waals surface area (Å²) in [5.41, 5.74) is 2.75. The van der Waals surface area contributed by atoms with Crippen LogP contribution in [0, 0.1) is 23.2 Å². The van der Waals surface area contributed by atoms with Crippen LogP contribution in [0.2, 0.25) is 0 Å². The van der Waals surface area contributed by atoms with E-state index in [-0.39, 0.29) is 23.6 Å². The normalized spacial score (nSPS) is 24.4. The van der Waals surface area contributed by atoms with Crippen LogP contribution < -0.4 is 0 Å². The van der Waals surface area contributed by atoms with Gasteiger partial charge in [-0.3, -0.25) is 0 Å². The number of nitriles is 1. The van der Waals surface area contributed by atoms with Crippen molar-refractivity contribution in [2.75, 3.05) is 18.8 Å². The summed E-state index contributed by atoms with van der Waals surface area (Å²) in [6, 6.07) is 4.38. The van der Waals surface area contributed by atoms with Crippen molar-refractivity contribution in [1.82, 2.24) is 23.8 Å². The molecule has 4 heterocycles. The lowest BCUT2D eigenvalue weighted by Crippen LogP contribution is -2.51. The summed E-state index contributed by atoms with van der Waals surface area (Å²) in [4.78, 5) is 11.9. The fraction of sp³-hybridized carbons (Fsp3) is 0.471. The number of imidazole rings is 1. The summed E-state index contributed by atoms with van der Waals surface area (Å²) in [6.07, 6.45) is 7.12. The van der Waals surface area contributed by atoms with E-state index in [2.05, 4.69) is 25.6 Å². The molecule has 0 amide bonds. The number of hydrogen-bond donors (Lipinski definition) is 1. The molecule has 0 aromatic carbocycles. The highest BCUT2D eigenvalue weighted by Crippen LogP contribution is 2.41. The Kier molecular flexibility index (Phi) is 3.36. The van der Waals surface area contributed by atoms with Crippen molar-refractivity contribution in [2.45, 2.75) is 18.9 Å². The first kappa shape index (κ1) is 15.8. The number of sulfonamides is 1. The van der Waals surface area contributed by atoms with Crippen molar-refractivity contribution in [3.05, 3.63) is 24.8 Å². The molecule has 0 unspecified atom stereocenters. The number of aromatic nitrogens is 4. The van der Waals surface area contributed by atoms with E-state index in [9.17, 15) is 8.42 Å². The Morgan fingerprint density at radius 2 is 2.12 bits per heavy atom. The largest absolute Gasteiger partial charge is 0.346 e. The molecule has 0 bridgehead atoms. The van der Waals surface area contributed by atoms with Crippen LogP contribution in [0.1, 0.15) is 18.9 Å². The smallest absolute Gasteiger partial charge is 0.214 e. The van der Waals surface area contributed by atoms with Crippen LogP contribution in [-0.2, 0) is 10.0 Å². The molecule has 134 valence electrons. The van der Waals surface area contributed by atoms with Crippen LogP contribution >= 0.6 is 0 Å². The molecule has 26 heavy (non-hydrogen) atoms. The molecule has 3 aromatic heterocycles. The van der Waals surface area contributed by atoms with Crippen LogP contribution in [0.5, 0.6) is 0 Å². The van der Waals surface area contributed by atoms with Crippen molar-refractivity contribution < 1.29 is 8.42 Å². The second kappa shape index (κ2) is 5.53. The SMILES string of the molecule is N#CC1CN(S(=O)(=O)CC2CC(n3cnc4cnc5[nH]ccc5c43)C2)C1. The first-order chi connectivity index (χ1) is 12.5. The lowest BCUT2D eigenvalue weighted by molar-refractivity contribution is 0.210. The summed E-state index contributed by atoms with van der Waals surface area (Å²) in [5, 5.41) is 9.85. The Balaban J connectivity index is 1.31. The molecule has 1 N–H and O–H groups in total. The number of rotatable bonds is 4. The van der Waals surface area contributed by atoms with Gasteiger partial charge in [0.1, 0.15) is 11.2 Å². The first-order valence-electron chi connectivity index (χ1n) is 8.71. The first-order valence-corrected chi connectivity index (χ1v) is 10.3. The Morgan fingerprint density at radius 3 is 2.88 bits per heavy atom. The van der Waals surface area contributed by atoms with Gasteiger partial charge in [-0.05, 0) is 24.8 Å². The van der Waals surface area contributed by atoms with E-state index in [1.165, 1.54) is 4.31 Å². The minimum atomic E-state index is -3.24. The molecule has 5 rings (SSSR count). The van der Waals surface area contributed by atoms with Crippen molar-refractivity contribution in [1.29, 1.82) is 5.26 Å². The maximum absolute atomic E-state index is 12.4. The van der Waals surface area contributed by atoms with E-state index < -0.39 is 10.0 Å². The second-order valence-corrected chi connectivity index (χ2v) is 9.31. The highest BCUT2D eigenvalue weighted by Gasteiger charge is 2.40. The molecule has 0 spiro atoms. The number of nitrogens with zero attached hydrogens (tertiary/aromatic N) is 5. The highest BCUT2D eigenvalue weighted by molar-refractivity contribution is 7.89. The van der Waals surface area contributed by atoms with Crippen LogP contribution in [0.25, 0.3) is 22.1 Å². The number of pyridine rings is 1. The zero-order chi connectivity index (χ0) is 17.9. The number of nitrogens with one attached hydrogen (secondary N) is 1. The van der Waals surface area contributed by atoms with Gasteiger partial charge in [-0.1, -0.05) is 0 Å². The van der Waals surface area contributed by atoms with Gasteiger partial charge in [-0.2, -0.15) is 9.57 Å². The van der Waals surface area contributed by atoms with Crippen molar-refractivity contribution in [2.24, 2.45) is 11.8 Å². The van der Waals surface area contributed by atoms with Gasteiger partial charge in [-0.25, -0.2) is 18.4 Å². The summed E-state index contributed by atoms with van der Waals surface area (Å²) in [6.45, 7) is 0.694. The van der Waals surface area contributed by atoms with Gasteiger partial charge in [0.2, 0.25) is 10.0 Å². The Labute approximate surface area is 150 Å². The number of aromatic amines is 1. The third-order valence-corrected chi connectivity index (χ3v) is 7.57. The predicted molar refractivity (Wildman–Crippen MR) is 95.6 cm³/mol. The molecule has 2 aliphatic rings. The molecule has 0 atom stereocenters. The van der Waals surface area contributed by atoms with E-state index >= 15 is 0 Å². The molecule has 3 aromatic rings. The molecule has 8 nitrogen and oxygen atoms in total. The molecule has 1 saturated heterocycles. The van der Waals surface area contributed by atoms with Gasteiger partial charge in [0.15, 0.2) is 0 Å². The fourth-order valence-corrected chi connectivity index (χ4v) is 5.91. The average Bonchev–Trinajstić information content (AvgIpc) is 3.15. The molecule has 2 fully saturated rings. The van der Waals surface area contributed by atoms with Crippen LogP contribution in [-0.4, -0.2) is 51.1 Å². The maximum atomic E-state index is 12.4. The third kappa shape index (κ3) is 2.33. The summed E-state index contributed by atoms with van der Waals surface area (Å²) >= 11 is 0. The van der Waals surface area contributed by atoms with E-state index in [0.717, 1.165) is 34.9 Å². The lowest BCUT2D eigenvalue weighted by atomic mass is 9.81. The molecule has 1 saturated carbocycles. The average molecular weight is 370 g/mol. The Morgan fingerprint density at radius 1 is 1.31 bits per heavy atom. The lowest BCUT2D eigenvalue weighted by Gasteiger charge is -2.40. The van der Waals surface area contributed by atoms with Gasteiger partial charge < -0.3 is 9.55 Å². The van der Waals surface area contributed by atoms with Gasteiger partial charge in [0.05, 0.1) is 35.8 Å². The molecule has 1 aliphatic carbocycles. The minimum Gasteiger partial charge on any atom is -0.346 e. The monoisotopic (exact) mass is 370 g/mol. The number of H-pyrrole nitrogens is 1. The van der Waals surface area contributed by atoms with Crippen LogP contribution in [0.15, 0.2) is 24.8 Å². The van der Waals surface area contributed by atoms with E-state index in [1.807, 2.05) is 18.6 Å². The number of hydrogen-bond acceptors (Lipinski definition) is 5. The zero-order valence-electron chi connectivity index (χ0n) is 14.0. The number of fused-ring (bicyclic) bond motifs is 3. The van der Waals surface area contributed by atoms with E-state index in [0.29, 0.717) is 13.1 Å². The zero-order valence-corrected chi connectivity index (χ0v) is 14.9. The summed E-state index contributed by atoms with van der Waals surface area (Å²) < 4.78 is 28.4. The van der Waals surface area contributed by atoms with Crippen molar-refractivity contribution in [3.8, 4) is 6.07 Å². The van der Waals surface area contributed by atoms with Crippen LogP contribution in [0.3, 0.4) is 0 Å². The van der Waals surface area contributed by atoms with Crippen LogP contribution in [0.4, 0.5) is 0 Å². The van der Waals surface area contributed by atoms with Gasteiger partial charge in [0, 0.05) is 30.7 Å². The quantitative estimate of drug-likeness (QED) is 0.751. The van der Waals surface area contributed by atoms with Gasteiger partial charge in [-0.15, -0.1) is 0 Å². The Hall–Kier alpha value is -2.44. The molecular weight excluding hydrogens is 352 g/mol. The highest BCUT2D eigenvalue weighted by atomic mass is 32.2. The van der Waals surface area contributed by atoms with E-state index in [4.69, 9.17) is 5.26 Å². The molecule has 9 heteroatoms.